The van der Waals surface area contributed by atoms with Crippen LogP contribution in [0.25, 0.3) is 86.2 Å². The fourth-order valence-electron chi connectivity index (χ4n) is 8.73. The minimum atomic E-state index is 1.10. The minimum absolute atomic E-state index is 1.10. The molecule has 0 saturated carbocycles. The van der Waals surface area contributed by atoms with Crippen molar-refractivity contribution >= 4 is 70.1 Å². The van der Waals surface area contributed by atoms with Crippen LogP contribution in [0.3, 0.4) is 0 Å². The number of rotatable bonds is 7. The maximum absolute atomic E-state index is 2.43. The Morgan fingerprint density at radius 2 is 0.793 bits per heavy atom. The third-order valence-electron chi connectivity index (χ3n) is 11.5. The van der Waals surface area contributed by atoms with Crippen molar-refractivity contribution in [2.24, 2.45) is 0 Å². The lowest BCUT2D eigenvalue weighted by molar-refractivity contribution is 1.28. The normalized spacial score (nSPS) is 11.4. The maximum atomic E-state index is 2.43. The highest BCUT2D eigenvalue weighted by atomic mass is 32.1. The molecule has 58 heavy (non-hydrogen) atoms. The van der Waals surface area contributed by atoms with Gasteiger partial charge in [0.15, 0.2) is 0 Å². The summed E-state index contributed by atoms with van der Waals surface area (Å²) in [7, 11) is 0. The summed E-state index contributed by atoms with van der Waals surface area (Å²) in [6.45, 7) is 0. The topological polar surface area (TPSA) is 3.24 Å². The molecule has 0 spiro atoms. The van der Waals surface area contributed by atoms with Crippen LogP contribution in [-0.2, 0) is 0 Å². The van der Waals surface area contributed by atoms with E-state index < -0.39 is 0 Å². The van der Waals surface area contributed by atoms with Gasteiger partial charge in [0, 0.05) is 37.1 Å². The average Bonchev–Trinajstić information content (AvgIpc) is 3.69. The standard InChI is InChI=1S/C56H37NS/c1-3-19-46-39(13-1)15-10-23-48(46)41-31-29-38(30-32-41)43-17-9-18-45(37-43)57(44-35-33-42(34-36-44)49-24-11-16-40-14-2-4-20-47(40)49)53-26-7-5-21-50(53)51-25-12-28-55-56(51)52-22-6-8-27-54(52)58-55/h1-37H. The van der Waals surface area contributed by atoms with Crippen LogP contribution in [0.15, 0.2) is 224 Å². The summed E-state index contributed by atoms with van der Waals surface area (Å²) >= 11 is 1.86. The third-order valence-corrected chi connectivity index (χ3v) is 12.6. The first kappa shape index (κ1) is 34.0. The summed E-state index contributed by atoms with van der Waals surface area (Å²) in [5, 5.41) is 7.64. The van der Waals surface area contributed by atoms with E-state index in [1.807, 2.05) is 11.3 Å². The Morgan fingerprint density at radius 1 is 0.293 bits per heavy atom. The molecule has 0 fully saturated rings. The van der Waals surface area contributed by atoms with E-state index in [-0.39, 0.29) is 0 Å². The number of nitrogens with zero attached hydrogens (tertiary/aromatic N) is 1. The Balaban J connectivity index is 1.06. The molecular weight excluding hydrogens is 719 g/mol. The summed E-state index contributed by atoms with van der Waals surface area (Å²) in [5.41, 5.74) is 13.0. The molecule has 0 N–H and O–H groups in total. The lowest BCUT2D eigenvalue weighted by Crippen LogP contribution is -2.11. The van der Waals surface area contributed by atoms with Crippen molar-refractivity contribution in [3.8, 4) is 44.5 Å². The van der Waals surface area contributed by atoms with Gasteiger partial charge in [-0.05, 0) is 103 Å². The molecule has 2 heteroatoms. The Kier molecular flexibility index (Phi) is 8.42. The van der Waals surface area contributed by atoms with Crippen LogP contribution >= 0.6 is 11.3 Å². The number of thiophene rings is 1. The quantitative estimate of drug-likeness (QED) is 0.157. The molecule has 0 aliphatic rings. The second kappa shape index (κ2) is 14.4. The van der Waals surface area contributed by atoms with Crippen molar-refractivity contribution in [3.63, 3.8) is 0 Å². The van der Waals surface area contributed by atoms with Gasteiger partial charge < -0.3 is 4.90 Å². The predicted molar refractivity (Wildman–Crippen MR) is 251 cm³/mol. The highest BCUT2D eigenvalue weighted by Gasteiger charge is 2.20. The van der Waals surface area contributed by atoms with Crippen molar-refractivity contribution in [3.05, 3.63) is 224 Å². The minimum Gasteiger partial charge on any atom is -0.310 e. The number of benzene rings is 10. The SMILES string of the molecule is c1cc(-c2ccc(-c3cccc4ccccc34)cc2)cc(N(c2ccc(-c3cccc4ccccc34)cc2)c2ccccc2-c2cccc3sc4ccccc4c23)c1. The Morgan fingerprint density at radius 3 is 1.52 bits per heavy atom. The Hall–Kier alpha value is -7.26. The van der Waals surface area contributed by atoms with Crippen LogP contribution in [-0.4, -0.2) is 0 Å². The average molecular weight is 756 g/mol. The van der Waals surface area contributed by atoms with E-state index in [4.69, 9.17) is 0 Å². The maximum Gasteiger partial charge on any atom is 0.0540 e. The smallest absolute Gasteiger partial charge is 0.0540 e. The molecule has 11 aromatic rings. The van der Waals surface area contributed by atoms with E-state index in [9.17, 15) is 0 Å². The summed E-state index contributed by atoms with van der Waals surface area (Å²) in [5.74, 6) is 0. The van der Waals surface area contributed by atoms with E-state index in [0.717, 1.165) is 17.1 Å². The van der Waals surface area contributed by atoms with Gasteiger partial charge in [-0.3, -0.25) is 0 Å². The van der Waals surface area contributed by atoms with Crippen molar-refractivity contribution in [1.29, 1.82) is 0 Å². The van der Waals surface area contributed by atoms with Crippen LogP contribution in [0, 0.1) is 0 Å². The molecule has 0 unspecified atom stereocenters. The van der Waals surface area contributed by atoms with Gasteiger partial charge in [-0.1, -0.05) is 182 Å². The van der Waals surface area contributed by atoms with E-state index in [1.54, 1.807) is 0 Å². The number of fused-ring (bicyclic) bond motifs is 5. The lowest BCUT2D eigenvalue weighted by Gasteiger charge is -2.29. The van der Waals surface area contributed by atoms with Gasteiger partial charge in [-0.25, -0.2) is 0 Å². The third kappa shape index (κ3) is 5.94. The van der Waals surface area contributed by atoms with Crippen molar-refractivity contribution in [2.75, 3.05) is 4.90 Å². The van der Waals surface area contributed by atoms with Crippen molar-refractivity contribution in [2.45, 2.75) is 0 Å². The number of para-hydroxylation sites is 1. The molecule has 10 aromatic carbocycles. The number of anilines is 3. The van der Waals surface area contributed by atoms with Gasteiger partial charge in [0.1, 0.15) is 0 Å². The van der Waals surface area contributed by atoms with E-state index in [1.165, 1.54) is 86.2 Å². The predicted octanol–water partition coefficient (Wildman–Crippen LogP) is 16.5. The van der Waals surface area contributed by atoms with Gasteiger partial charge >= 0.3 is 0 Å². The summed E-state index contributed by atoms with van der Waals surface area (Å²) < 4.78 is 2.61. The second-order valence-electron chi connectivity index (χ2n) is 14.9. The van der Waals surface area contributed by atoms with Crippen LogP contribution in [0.5, 0.6) is 0 Å². The van der Waals surface area contributed by atoms with Gasteiger partial charge in [-0.2, -0.15) is 0 Å². The van der Waals surface area contributed by atoms with E-state index >= 15 is 0 Å². The first-order chi connectivity index (χ1) is 28.8. The highest BCUT2D eigenvalue weighted by molar-refractivity contribution is 7.25. The monoisotopic (exact) mass is 755 g/mol. The molecule has 0 aliphatic heterocycles. The zero-order chi connectivity index (χ0) is 38.4. The van der Waals surface area contributed by atoms with E-state index in [2.05, 4.69) is 229 Å². The van der Waals surface area contributed by atoms with Crippen LogP contribution in [0.2, 0.25) is 0 Å². The highest BCUT2D eigenvalue weighted by Crippen LogP contribution is 2.47. The molecule has 0 bridgehead atoms. The van der Waals surface area contributed by atoms with Gasteiger partial charge in [0.25, 0.3) is 0 Å². The summed E-state index contributed by atoms with van der Waals surface area (Å²) in [6, 6.07) is 81.9. The zero-order valence-corrected chi connectivity index (χ0v) is 32.5. The Bertz CT molecular complexity index is 3270. The lowest BCUT2D eigenvalue weighted by atomic mass is 9.95. The molecule has 1 nitrogen and oxygen atoms in total. The summed E-state index contributed by atoms with van der Waals surface area (Å²) in [6.07, 6.45) is 0. The molecule has 1 heterocycles. The molecule has 0 aliphatic carbocycles. The van der Waals surface area contributed by atoms with E-state index in [0.29, 0.717) is 0 Å². The first-order valence-corrected chi connectivity index (χ1v) is 20.7. The van der Waals surface area contributed by atoms with Crippen molar-refractivity contribution in [1.82, 2.24) is 0 Å². The summed E-state index contributed by atoms with van der Waals surface area (Å²) in [4.78, 5) is 2.43. The second-order valence-corrected chi connectivity index (χ2v) is 15.9. The number of hydrogen-bond donors (Lipinski definition) is 0. The molecule has 1 aromatic heterocycles. The van der Waals surface area contributed by atoms with Crippen molar-refractivity contribution < 1.29 is 0 Å². The molecule has 272 valence electrons. The fraction of sp³-hybridized carbons (Fsp3) is 0. The van der Waals surface area contributed by atoms with Crippen LogP contribution < -0.4 is 4.90 Å². The fourth-order valence-corrected chi connectivity index (χ4v) is 9.87. The molecule has 0 amide bonds. The molecule has 0 saturated heterocycles. The molecular formula is C56H37NS. The Labute approximate surface area is 342 Å². The first-order valence-electron chi connectivity index (χ1n) is 19.8. The van der Waals surface area contributed by atoms with Gasteiger partial charge in [0.05, 0.1) is 5.69 Å². The van der Waals surface area contributed by atoms with Crippen LogP contribution in [0.4, 0.5) is 17.1 Å². The molecule has 0 atom stereocenters. The van der Waals surface area contributed by atoms with Gasteiger partial charge in [0.2, 0.25) is 0 Å². The zero-order valence-electron chi connectivity index (χ0n) is 31.7. The molecule has 11 rings (SSSR count). The number of hydrogen-bond acceptors (Lipinski definition) is 2. The van der Waals surface area contributed by atoms with Crippen LogP contribution in [0.1, 0.15) is 0 Å². The van der Waals surface area contributed by atoms with Gasteiger partial charge in [-0.15, -0.1) is 11.3 Å². The largest absolute Gasteiger partial charge is 0.310 e. The molecule has 0 radical (unpaired) electrons.